The van der Waals surface area contributed by atoms with Crippen LogP contribution in [0.5, 0.6) is 0 Å². The Morgan fingerprint density at radius 3 is 2.79 bits per heavy atom. The molecule has 3 rings (SSSR count). The first-order valence-electron chi connectivity index (χ1n) is 7.90. The van der Waals surface area contributed by atoms with Crippen LogP contribution in [0.2, 0.25) is 5.15 Å². The van der Waals surface area contributed by atoms with Crippen molar-refractivity contribution in [3.05, 3.63) is 39.9 Å². The van der Waals surface area contributed by atoms with Gasteiger partial charge in [-0.15, -0.1) is 0 Å². The highest BCUT2D eigenvalue weighted by atomic mass is 35.5. The molecule has 0 aliphatic carbocycles. The van der Waals surface area contributed by atoms with Crippen molar-refractivity contribution < 1.29 is 9.53 Å². The lowest BCUT2D eigenvalue weighted by molar-refractivity contribution is 0.0289. The second-order valence-corrected chi connectivity index (χ2v) is 7.35. The molecule has 6 nitrogen and oxygen atoms in total. The van der Waals surface area contributed by atoms with E-state index in [2.05, 4.69) is 4.98 Å². The summed E-state index contributed by atoms with van der Waals surface area (Å²) in [6.45, 7) is 6.55. The van der Waals surface area contributed by atoms with Gasteiger partial charge in [0.2, 0.25) is 0 Å². The maximum atomic E-state index is 12.7. The van der Waals surface area contributed by atoms with E-state index in [0.29, 0.717) is 35.6 Å². The number of carbonyl (C=O) groups is 1. The van der Waals surface area contributed by atoms with Crippen LogP contribution in [0.3, 0.4) is 0 Å². The van der Waals surface area contributed by atoms with Gasteiger partial charge in [0.05, 0.1) is 16.9 Å². The van der Waals surface area contributed by atoms with Crippen molar-refractivity contribution in [1.82, 2.24) is 14.5 Å². The molecule has 1 saturated heterocycles. The van der Waals surface area contributed by atoms with E-state index in [0.717, 1.165) is 0 Å². The zero-order valence-electron chi connectivity index (χ0n) is 14.0. The summed E-state index contributed by atoms with van der Waals surface area (Å²) in [6, 6.07) is 5.00. The summed E-state index contributed by atoms with van der Waals surface area (Å²) in [4.78, 5) is 30.6. The molecule has 0 N–H and O–H groups in total. The third-order valence-electron chi connectivity index (χ3n) is 3.96. The third-order valence-corrected chi connectivity index (χ3v) is 4.17. The third kappa shape index (κ3) is 3.38. The van der Waals surface area contributed by atoms with Gasteiger partial charge >= 0.3 is 6.09 Å². The second kappa shape index (κ2) is 6.09. The molecular weight excluding hydrogens is 330 g/mol. The number of likely N-dealkylation sites (tertiary alicyclic amines) is 1. The number of pyridine rings is 2. The smallest absolute Gasteiger partial charge is 0.410 e. The van der Waals surface area contributed by atoms with Crippen molar-refractivity contribution in [2.24, 2.45) is 0 Å². The van der Waals surface area contributed by atoms with E-state index in [-0.39, 0.29) is 17.7 Å². The van der Waals surface area contributed by atoms with Gasteiger partial charge in [0, 0.05) is 19.3 Å². The molecule has 7 heteroatoms. The SMILES string of the molecule is CC(C)(C)OC(=O)N1CCC(n2ccc3nc(Cl)ccc3c2=O)C1. The van der Waals surface area contributed by atoms with Crippen LogP contribution in [0.4, 0.5) is 4.79 Å². The molecule has 1 aliphatic rings. The maximum absolute atomic E-state index is 12.7. The molecule has 24 heavy (non-hydrogen) atoms. The average Bonchev–Trinajstić information content (AvgIpc) is 2.95. The van der Waals surface area contributed by atoms with Crippen LogP contribution in [-0.2, 0) is 4.74 Å². The number of hydrogen-bond acceptors (Lipinski definition) is 4. The molecule has 1 amide bonds. The van der Waals surface area contributed by atoms with E-state index in [4.69, 9.17) is 16.3 Å². The summed E-state index contributed by atoms with van der Waals surface area (Å²) < 4.78 is 7.06. The zero-order chi connectivity index (χ0) is 17.5. The first kappa shape index (κ1) is 16.8. The van der Waals surface area contributed by atoms with Crippen LogP contribution < -0.4 is 5.56 Å². The van der Waals surface area contributed by atoms with E-state index >= 15 is 0 Å². The van der Waals surface area contributed by atoms with Gasteiger partial charge in [-0.25, -0.2) is 9.78 Å². The lowest BCUT2D eigenvalue weighted by Gasteiger charge is -2.24. The second-order valence-electron chi connectivity index (χ2n) is 6.96. The molecule has 0 saturated carbocycles. The molecule has 0 radical (unpaired) electrons. The Kier molecular flexibility index (Phi) is 4.25. The Labute approximate surface area is 145 Å². The fraction of sp³-hybridized carbons (Fsp3) is 0.471. The summed E-state index contributed by atoms with van der Waals surface area (Å²) in [5, 5.41) is 0.884. The van der Waals surface area contributed by atoms with Gasteiger partial charge in [0.1, 0.15) is 10.8 Å². The Hall–Kier alpha value is -2.08. The molecule has 1 atom stereocenters. The average molecular weight is 350 g/mol. The van der Waals surface area contributed by atoms with Gasteiger partial charge in [-0.3, -0.25) is 4.79 Å². The van der Waals surface area contributed by atoms with Crippen LogP contribution in [-0.4, -0.2) is 39.2 Å². The normalized spacial score (nSPS) is 18.2. The number of aromatic nitrogens is 2. The van der Waals surface area contributed by atoms with Crippen molar-refractivity contribution in [3.8, 4) is 0 Å². The van der Waals surface area contributed by atoms with E-state index in [1.807, 2.05) is 20.8 Å². The number of fused-ring (bicyclic) bond motifs is 1. The van der Waals surface area contributed by atoms with Gasteiger partial charge in [-0.1, -0.05) is 11.6 Å². The highest BCUT2D eigenvalue weighted by molar-refractivity contribution is 6.29. The van der Waals surface area contributed by atoms with E-state index < -0.39 is 5.60 Å². The summed E-state index contributed by atoms with van der Waals surface area (Å²) >= 11 is 5.87. The Bertz CT molecular complexity index is 841. The molecule has 0 aromatic carbocycles. The minimum absolute atomic E-state index is 0.0647. The van der Waals surface area contributed by atoms with Crippen molar-refractivity contribution in [1.29, 1.82) is 0 Å². The molecule has 1 fully saturated rings. The molecule has 1 aliphatic heterocycles. The number of hydrogen-bond donors (Lipinski definition) is 0. The molecule has 2 aromatic rings. The van der Waals surface area contributed by atoms with E-state index in [1.165, 1.54) is 0 Å². The number of nitrogens with zero attached hydrogens (tertiary/aromatic N) is 3. The number of rotatable bonds is 1. The van der Waals surface area contributed by atoms with Crippen molar-refractivity contribution in [3.63, 3.8) is 0 Å². The fourth-order valence-electron chi connectivity index (χ4n) is 2.86. The highest BCUT2D eigenvalue weighted by Crippen LogP contribution is 2.23. The molecular formula is C17H20ClN3O3. The monoisotopic (exact) mass is 349 g/mol. The topological polar surface area (TPSA) is 64.4 Å². The minimum Gasteiger partial charge on any atom is -0.444 e. The standard InChI is InChI=1S/C17H20ClN3O3/c1-17(2,3)24-16(23)20-8-6-11(10-20)21-9-7-13-12(15(21)22)4-5-14(18)19-13/h4-5,7,9,11H,6,8,10H2,1-3H3. The van der Waals surface area contributed by atoms with Gasteiger partial charge in [0.15, 0.2) is 0 Å². The molecule has 1 unspecified atom stereocenters. The predicted molar refractivity (Wildman–Crippen MR) is 92.5 cm³/mol. The van der Waals surface area contributed by atoms with Crippen molar-refractivity contribution in [2.45, 2.75) is 38.8 Å². The molecule has 2 aromatic heterocycles. The number of carbonyl (C=O) groups excluding carboxylic acids is 1. The Morgan fingerprint density at radius 2 is 2.08 bits per heavy atom. The first-order chi connectivity index (χ1) is 11.2. The van der Waals surface area contributed by atoms with Crippen LogP contribution in [0.1, 0.15) is 33.2 Å². The Morgan fingerprint density at radius 1 is 1.33 bits per heavy atom. The lowest BCUT2D eigenvalue weighted by atomic mass is 10.2. The van der Waals surface area contributed by atoms with Gasteiger partial charge in [-0.05, 0) is 45.4 Å². The predicted octanol–water partition coefficient (Wildman–Crippen LogP) is 3.23. The van der Waals surface area contributed by atoms with Crippen molar-refractivity contribution >= 4 is 28.6 Å². The lowest BCUT2D eigenvalue weighted by Crippen LogP contribution is -2.36. The molecule has 0 spiro atoms. The van der Waals surface area contributed by atoms with Gasteiger partial charge in [0.25, 0.3) is 5.56 Å². The van der Waals surface area contributed by atoms with Crippen LogP contribution in [0.25, 0.3) is 10.9 Å². The van der Waals surface area contributed by atoms with E-state index in [9.17, 15) is 9.59 Å². The zero-order valence-corrected chi connectivity index (χ0v) is 14.7. The van der Waals surface area contributed by atoms with E-state index in [1.54, 1.807) is 33.9 Å². The molecule has 0 bridgehead atoms. The summed E-state index contributed by atoms with van der Waals surface area (Å²) in [7, 11) is 0. The maximum Gasteiger partial charge on any atom is 0.410 e. The Balaban J connectivity index is 1.82. The summed E-state index contributed by atoms with van der Waals surface area (Å²) in [5.41, 5.74) is -0.0710. The molecule has 3 heterocycles. The van der Waals surface area contributed by atoms with Gasteiger partial charge in [-0.2, -0.15) is 0 Å². The van der Waals surface area contributed by atoms with Gasteiger partial charge < -0.3 is 14.2 Å². The quantitative estimate of drug-likeness (QED) is 0.741. The fourth-order valence-corrected chi connectivity index (χ4v) is 3.02. The van der Waals surface area contributed by atoms with Crippen LogP contribution >= 0.6 is 11.6 Å². The molecule has 128 valence electrons. The highest BCUT2D eigenvalue weighted by Gasteiger charge is 2.31. The van der Waals surface area contributed by atoms with Crippen molar-refractivity contribution in [2.75, 3.05) is 13.1 Å². The largest absolute Gasteiger partial charge is 0.444 e. The number of ether oxygens (including phenoxy) is 1. The van der Waals surface area contributed by atoms with Crippen LogP contribution in [0, 0.1) is 0 Å². The number of amides is 1. The summed E-state index contributed by atoms with van der Waals surface area (Å²) in [5.74, 6) is 0. The number of halogens is 1. The first-order valence-corrected chi connectivity index (χ1v) is 8.28. The minimum atomic E-state index is -0.528. The van der Waals surface area contributed by atoms with Crippen LogP contribution in [0.15, 0.2) is 29.2 Å². The summed E-state index contributed by atoms with van der Waals surface area (Å²) in [6.07, 6.45) is 2.09.